The maximum Gasteiger partial charge on any atom is 0.255 e. The van der Waals surface area contributed by atoms with Crippen LogP contribution >= 0.6 is 0 Å². The third kappa shape index (κ3) is 3.97. The number of nitrogens with zero attached hydrogens (tertiary/aromatic N) is 6. The summed E-state index contributed by atoms with van der Waals surface area (Å²) in [5.41, 5.74) is 4.15. The SMILES string of the molecule is Cc1cc(C)n(-c2ccc(NCCNC(=O)c3c(C)nn(C)c3C)nn2)n1. The highest BCUT2D eigenvalue weighted by atomic mass is 16.1. The Labute approximate surface area is 157 Å². The molecule has 142 valence electrons. The van der Waals surface area contributed by atoms with Gasteiger partial charge in [0.05, 0.1) is 17.0 Å². The zero-order valence-electron chi connectivity index (χ0n) is 16.2. The van der Waals surface area contributed by atoms with Crippen LogP contribution < -0.4 is 10.6 Å². The van der Waals surface area contributed by atoms with E-state index < -0.39 is 0 Å². The van der Waals surface area contributed by atoms with Crippen LogP contribution in [0.1, 0.15) is 33.1 Å². The van der Waals surface area contributed by atoms with E-state index in [1.165, 1.54) is 0 Å². The normalized spacial score (nSPS) is 10.9. The smallest absolute Gasteiger partial charge is 0.255 e. The van der Waals surface area contributed by atoms with Crippen LogP contribution in [-0.4, -0.2) is 48.8 Å². The molecule has 3 aromatic heterocycles. The molecule has 0 atom stereocenters. The fraction of sp³-hybridized carbons (Fsp3) is 0.389. The van der Waals surface area contributed by atoms with Crippen LogP contribution in [0.15, 0.2) is 18.2 Å². The first kappa shape index (κ1) is 18.6. The minimum atomic E-state index is -0.120. The lowest BCUT2D eigenvalue weighted by Gasteiger charge is -2.08. The summed E-state index contributed by atoms with van der Waals surface area (Å²) >= 11 is 0. The van der Waals surface area contributed by atoms with Crippen molar-refractivity contribution < 1.29 is 4.79 Å². The van der Waals surface area contributed by atoms with Gasteiger partial charge in [-0.3, -0.25) is 9.48 Å². The highest BCUT2D eigenvalue weighted by Crippen LogP contribution is 2.12. The number of amides is 1. The molecule has 3 aromatic rings. The first-order valence-electron chi connectivity index (χ1n) is 8.76. The second-order valence-corrected chi connectivity index (χ2v) is 6.47. The van der Waals surface area contributed by atoms with E-state index in [0.717, 1.165) is 22.8 Å². The predicted octanol–water partition coefficient (Wildman–Crippen LogP) is 1.47. The van der Waals surface area contributed by atoms with Crippen molar-refractivity contribution in [1.82, 2.24) is 35.1 Å². The van der Waals surface area contributed by atoms with Crippen molar-refractivity contribution in [2.24, 2.45) is 7.05 Å². The van der Waals surface area contributed by atoms with Gasteiger partial charge in [0.2, 0.25) is 0 Å². The van der Waals surface area contributed by atoms with Crippen molar-refractivity contribution >= 4 is 11.7 Å². The van der Waals surface area contributed by atoms with Gasteiger partial charge in [-0.2, -0.15) is 10.2 Å². The summed E-state index contributed by atoms with van der Waals surface area (Å²) in [4.78, 5) is 12.3. The number of aromatic nitrogens is 6. The number of hydrogen-bond acceptors (Lipinski definition) is 6. The summed E-state index contributed by atoms with van der Waals surface area (Å²) in [6.45, 7) is 8.64. The van der Waals surface area contributed by atoms with Crippen molar-refractivity contribution in [2.45, 2.75) is 27.7 Å². The molecule has 1 amide bonds. The monoisotopic (exact) mass is 368 g/mol. The Morgan fingerprint density at radius 1 is 1.07 bits per heavy atom. The molecular formula is C18H24N8O. The number of rotatable bonds is 6. The zero-order chi connectivity index (χ0) is 19.6. The number of aryl methyl sites for hydroxylation is 4. The van der Waals surface area contributed by atoms with Gasteiger partial charge in [-0.05, 0) is 45.9 Å². The number of carbonyl (C=O) groups excluding carboxylic acids is 1. The lowest BCUT2D eigenvalue weighted by atomic mass is 10.2. The Balaban J connectivity index is 1.52. The van der Waals surface area contributed by atoms with Crippen molar-refractivity contribution in [3.8, 4) is 5.82 Å². The largest absolute Gasteiger partial charge is 0.367 e. The van der Waals surface area contributed by atoms with Crippen LogP contribution in [0.3, 0.4) is 0 Å². The molecule has 0 spiro atoms. The molecule has 0 aromatic carbocycles. The summed E-state index contributed by atoms with van der Waals surface area (Å²) in [5, 5.41) is 23.1. The molecule has 0 aliphatic carbocycles. The average molecular weight is 368 g/mol. The molecule has 0 saturated carbocycles. The molecule has 0 bridgehead atoms. The van der Waals surface area contributed by atoms with Gasteiger partial charge >= 0.3 is 0 Å². The Hall–Kier alpha value is -3.23. The van der Waals surface area contributed by atoms with Crippen LogP contribution in [-0.2, 0) is 7.05 Å². The van der Waals surface area contributed by atoms with Crippen LogP contribution in [0.2, 0.25) is 0 Å². The van der Waals surface area contributed by atoms with Crippen molar-refractivity contribution in [2.75, 3.05) is 18.4 Å². The molecule has 0 aliphatic heterocycles. The second kappa shape index (κ2) is 7.56. The summed E-state index contributed by atoms with van der Waals surface area (Å²) in [7, 11) is 1.83. The van der Waals surface area contributed by atoms with Crippen LogP contribution in [0.5, 0.6) is 0 Å². The maximum absolute atomic E-state index is 12.3. The van der Waals surface area contributed by atoms with Crippen molar-refractivity contribution in [3.05, 3.63) is 46.5 Å². The van der Waals surface area contributed by atoms with E-state index in [9.17, 15) is 4.79 Å². The molecular weight excluding hydrogens is 344 g/mol. The van der Waals surface area contributed by atoms with E-state index in [1.54, 1.807) is 9.36 Å². The quantitative estimate of drug-likeness (QED) is 0.639. The lowest BCUT2D eigenvalue weighted by Crippen LogP contribution is -2.29. The minimum absolute atomic E-state index is 0.120. The highest BCUT2D eigenvalue weighted by Gasteiger charge is 2.16. The molecule has 0 radical (unpaired) electrons. The number of hydrogen-bond donors (Lipinski definition) is 2. The first-order chi connectivity index (χ1) is 12.9. The van der Waals surface area contributed by atoms with Gasteiger partial charge in [0, 0.05) is 31.5 Å². The Morgan fingerprint density at radius 3 is 2.41 bits per heavy atom. The number of nitrogens with one attached hydrogen (secondary N) is 2. The molecule has 0 aliphatic rings. The topological polar surface area (TPSA) is 103 Å². The van der Waals surface area contributed by atoms with Crippen molar-refractivity contribution in [1.29, 1.82) is 0 Å². The third-order valence-corrected chi connectivity index (χ3v) is 4.33. The van der Waals surface area contributed by atoms with Gasteiger partial charge in [0.15, 0.2) is 5.82 Å². The predicted molar refractivity (Wildman–Crippen MR) is 102 cm³/mol. The van der Waals surface area contributed by atoms with Gasteiger partial charge in [-0.25, -0.2) is 4.68 Å². The second-order valence-electron chi connectivity index (χ2n) is 6.47. The molecule has 9 nitrogen and oxygen atoms in total. The maximum atomic E-state index is 12.3. The highest BCUT2D eigenvalue weighted by molar-refractivity contribution is 5.96. The van der Waals surface area contributed by atoms with E-state index >= 15 is 0 Å². The van der Waals surface area contributed by atoms with E-state index in [0.29, 0.717) is 30.3 Å². The minimum Gasteiger partial charge on any atom is -0.367 e. The van der Waals surface area contributed by atoms with Gasteiger partial charge in [-0.1, -0.05) is 0 Å². The molecule has 3 heterocycles. The van der Waals surface area contributed by atoms with Gasteiger partial charge < -0.3 is 10.6 Å². The summed E-state index contributed by atoms with van der Waals surface area (Å²) in [6.07, 6.45) is 0. The first-order valence-corrected chi connectivity index (χ1v) is 8.76. The van der Waals surface area contributed by atoms with Crippen LogP contribution in [0.25, 0.3) is 5.82 Å². The fourth-order valence-electron chi connectivity index (χ4n) is 2.95. The van der Waals surface area contributed by atoms with Crippen LogP contribution in [0, 0.1) is 27.7 Å². The molecule has 0 unspecified atom stereocenters. The van der Waals surface area contributed by atoms with Gasteiger partial charge in [0.25, 0.3) is 5.91 Å². The van der Waals surface area contributed by atoms with Gasteiger partial charge in [0.1, 0.15) is 5.82 Å². The average Bonchev–Trinajstić information content (AvgIpc) is 3.09. The number of anilines is 1. The van der Waals surface area contributed by atoms with E-state index in [-0.39, 0.29) is 5.91 Å². The zero-order valence-corrected chi connectivity index (χ0v) is 16.2. The molecule has 0 fully saturated rings. The molecule has 2 N–H and O–H groups in total. The van der Waals surface area contributed by atoms with Crippen LogP contribution in [0.4, 0.5) is 5.82 Å². The van der Waals surface area contributed by atoms with Crippen molar-refractivity contribution in [3.63, 3.8) is 0 Å². The molecule has 0 saturated heterocycles. The Kier molecular flexibility index (Phi) is 5.20. The summed E-state index contributed by atoms with van der Waals surface area (Å²) in [6, 6.07) is 5.69. The summed E-state index contributed by atoms with van der Waals surface area (Å²) < 4.78 is 3.47. The lowest BCUT2D eigenvalue weighted by molar-refractivity contribution is 0.0954. The Morgan fingerprint density at radius 2 is 1.85 bits per heavy atom. The van der Waals surface area contributed by atoms with Gasteiger partial charge in [-0.15, -0.1) is 10.2 Å². The third-order valence-electron chi connectivity index (χ3n) is 4.33. The Bertz CT molecular complexity index is 955. The standard InChI is InChI=1S/C18H24N8O/c1-11-10-12(2)26(23-11)16-7-6-15(21-22-16)19-8-9-20-18(27)17-13(3)24-25(5)14(17)4/h6-7,10H,8-9H2,1-5H3,(H,19,21)(H,20,27). The van der Waals surface area contributed by atoms with E-state index in [1.807, 2.05) is 52.9 Å². The molecule has 27 heavy (non-hydrogen) atoms. The number of carbonyl (C=O) groups is 1. The molecule has 3 rings (SSSR count). The summed E-state index contributed by atoms with van der Waals surface area (Å²) in [5.74, 6) is 1.19. The molecule has 9 heteroatoms. The van der Waals surface area contributed by atoms with E-state index in [4.69, 9.17) is 0 Å². The van der Waals surface area contributed by atoms with E-state index in [2.05, 4.69) is 31.0 Å². The fourth-order valence-corrected chi connectivity index (χ4v) is 2.95.